The van der Waals surface area contributed by atoms with Gasteiger partial charge in [0.1, 0.15) is 0 Å². The Hall–Kier alpha value is -6.32. The molecule has 250 valence electrons. The average molecular weight is 719 g/mol. The number of hydrogen-bond donors (Lipinski definition) is 0. The van der Waals surface area contributed by atoms with Crippen LogP contribution in [-0.4, -0.2) is 0 Å². The summed E-state index contributed by atoms with van der Waals surface area (Å²) in [4.78, 5) is 0. The van der Waals surface area contributed by atoms with E-state index >= 15 is 0 Å². The minimum atomic E-state index is 1.24. The van der Waals surface area contributed by atoms with Gasteiger partial charge in [0.15, 0.2) is 0 Å². The van der Waals surface area contributed by atoms with E-state index in [1.807, 2.05) is 22.7 Å². The number of benzene rings is 10. The highest BCUT2D eigenvalue weighted by molar-refractivity contribution is 7.30. The fourth-order valence-corrected chi connectivity index (χ4v) is 11.6. The highest BCUT2D eigenvalue weighted by Gasteiger charge is 2.20. The van der Waals surface area contributed by atoms with E-state index in [0.717, 1.165) is 0 Å². The fraction of sp³-hybridized carbons (Fsp3) is 0. The number of hydrogen-bond acceptors (Lipinski definition) is 2. The molecule has 0 atom stereocenters. The molecule has 0 N–H and O–H groups in total. The van der Waals surface area contributed by atoms with Crippen molar-refractivity contribution in [3.63, 3.8) is 0 Å². The van der Waals surface area contributed by atoms with Crippen LogP contribution in [0.4, 0.5) is 0 Å². The van der Waals surface area contributed by atoms with Crippen molar-refractivity contribution in [3.05, 3.63) is 182 Å². The van der Waals surface area contributed by atoms with Crippen molar-refractivity contribution >= 4 is 106 Å². The zero-order valence-corrected chi connectivity index (χ0v) is 30.8. The molecule has 2 heterocycles. The lowest BCUT2D eigenvalue weighted by Gasteiger charge is -2.19. The zero-order chi connectivity index (χ0) is 35.3. The summed E-state index contributed by atoms with van der Waals surface area (Å²) in [6.45, 7) is 0. The summed E-state index contributed by atoms with van der Waals surface area (Å²) >= 11 is 3.85. The van der Waals surface area contributed by atoms with Gasteiger partial charge in [-0.1, -0.05) is 152 Å². The molecule has 0 unspecified atom stereocenters. The van der Waals surface area contributed by atoms with Crippen molar-refractivity contribution in [2.24, 2.45) is 0 Å². The van der Waals surface area contributed by atoms with Crippen molar-refractivity contribution in [1.82, 2.24) is 0 Å². The average Bonchev–Trinajstić information content (AvgIpc) is 3.81. The van der Waals surface area contributed by atoms with Gasteiger partial charge in [0.05, 0.1) is 0 Å². The van der Waals surface area contributed by atoms with Crippen LogP contribution in [-0.2, 0) is 0 Å². The van der Waals surface area contributed by atoms with Crippen LogP contribution in [0.25, 0.3) is 117 Å². The summed E-state index contributed by atoms with van der Waals surface area (Å²) in [7, 11) is 0. The minimum absolute atomic E-state index is 1.24. The fourth-order valence-electron chi connectivity index (χ4n) is 9.02. The molecule has 2 heteroatoms. The molecule has 12 rings (SSSR count). The monoisotopic (exact) mass is 718 g/mol. The molecule has 0 fully saturated rings. The third-order valence-electron chi connectivity index (χ3n) is 11.4. The summed E-state index contributed by atoms with van der Waals surface area (Å²) in [5.74, 6) is 0. The third-order valence-corrected chi connectivity index (χ3v) is 13.8. The number of rotatable bonds is 3. The molecule has 0 bridgehead atoms. The lowest BCUT2D eigenvalue weighted by Crippen LogP contribution is -1.91. The van der Waals surface area contributed by atoms with Gasteiger partial charge in [0.2, 0.25) is 0 Å². The van der Waals surface area contributed by atoms with Crippen molar-refractivity contribution in [2.75, 3.05) is 0 Å². The second-order valence-corrected chi connectivity index (χ2v) is 16.5. The number of thiophene rings is 2. The molecule has 12 aromatic rings. The van der Waals surface area contributed by atoms with Crippen molar-refractivity contribution in [1.29, 1.82) is 0 Å². The van der Waals surface area contributed by atoms with E-state index < -0.39 is 0 Å². The molecule has 0 radical (unpaired) electrons. The largest absolute Gasteiger partial charge is 0.134 e. The first-order valence-corrected chi connectivity index (χ1v) is 20.1. The van der Waals surface area contributed by atoms with E-state index in [1.54, 1.807) is 0 Å². The molecule has 0 aliphatic carbocycles. The second-order valence-electron chi connectivity index (χ2n) is 14.3. The van der Waals surface area contributed by atoms with E-state index in [4.69, 9.17) is 0 Å². The first kappa shape index (κ1) is 30.2. The van der Waals surface area contributed by atoms with Gasteiger partial charge in [-0.2, -0.15) is 0 Å². The molecular formula is C52H30S2. The predicted octanol–water partition coefficient (Wildman–Crippen LogP) is 16.0. The van der Waals surface area contributed by atoms with Crippen LogP contribution >= 0.6 is 22.7 Å². The third kappa shape index (κ3) is 4.36. The van der Waals surface area contributed by atoms with Gasteiger partial charge in [-0.05, 0) is 101 Å². The van der Waals surface area contributed by atoms with Crippen LogP contribution in [0.1, 0.15) is 0 Å². The highest BCUT2D eigenvalue weighted by Crippen LogP contribution is 2.49. The molecule has 10 aromatic carbocycles. The van der Waals surface area contributed by atoms with Crippen LogP contribution in [0.5, 0.6) is 0 Å². The molecule has 0 spiro atoms. The summed E-state index contributed by atoms with van der Waals surface area (Å²) in [6, 6.07) is 67.8. The van der Waals surface area contributed by atoms with E-state index in [2.05, 4.69) is 182 Å². The Morgan fingerprint density at radius 3 is 1.52 bits per heavy atom. The molecule has 0 saturated heterocycles. The zero-order valence-electron chi connectivity index (χ0n) is 29.1. The molecular weight excluding hydrogens is 689 g/mol. The van der Waals surface area contributed by atoms with E-state index in [1.165, 1.54) is 117 Å². The first-order chi connectivity index (χ1) is 26.8. The highest BCUT2D eigenvalue weighted by atomic mass is 32.1. The van der Waals surface area contributed by atoms with Gasteiger partial charge in [-0.15, -0.1) is 22.7 Å². The van der Waals surface area contributed by atoms with E-state index in [-0.39, 0.29) is 0 Å². The molecule has 0 nitrogen and oxygen atoms in total. The van der Waals surface area contributed by atoms with E-state index in [0.29, 0.717) is 0 Å². The van der Waals surface area contributed by atoms with Gasteiger partial charge in [0.25, 0.3) is 0 Å². The summed E-state index contributed by atoms with van der Waals surface area (Å²) in [5, 5.41) is 15.6. The number of fused-ring (bicyclic) bond motifs is 11. The Kier molecular flexibility index (Phi) is 6.48. The van der Waals surface area contributed by atoms with Crippen LogP contribution < -0.4 is 0 Å². The minimum Gasteiger partial charge on any atom is -0.134 e. The quantitative estimate of drug-likeness (QED) is 0.160. The molecule has 0 saturated carbocycles. The maximum Gasteiger partial charge on any atom is 0.0449 e. The Balaban J connectivity index is 1.07. The lowest BCUT2D eigenvalue weighted by molar-refractivity contribution is 1.68. The summed E-state index contributed by atoms with van der Waals surface area (Å²) in [6.07, 6.45) is 0. The SMILES string of the molecule is c1ccc2c(-c3c4ccccc4c(-c4ccc5cc(-c6cc7c8ccccc8sc7c7c6sc6ccccc67)ccc5c4)c4ccccc34)cccc2c1. The molecule has 0 aliphatic rings. The standard InChI is InChI=1S/C52H30S2/c1-2-14-36-31(12-1)13-11-21-38(36)49-41-18-5-3-16-39(41)48(40-17-4-6-19-42(40)49)35-27-25-32-28-34(26-24-33(32)29-35)44-30-45-37-15-7-9-22-46(37)53-52(45)50-43-20-8-10-23-47(43)54-51(44)50/h1-30H. The Labute approximate surface area is 319 Å². The molecule has 2 aromatic heterocycles. The van der Waals surface area contributed by atoms with Gasteiger partial charge >= 0.3 is 0 Å². The second kappa shape index (κ2) is 11.6. The van der Waals surface area contributed by atoms with Crippen molar-refractivity contribution < 1.29 is 0 Å². The van der Waals surface area contributed by atoms with Crippen molar-refractivity contribution in [2.45, 2.75) is 0 Å². The van der Waals surface area contributed by atoms with Crippen LogP contribution in [0.3, 0.4) is 0 Å². The molecule has 0 amide bonds. The molecule has 0 aliphatic heterocycles. The van der Waals surface area contributed by atoms with Crippen LogP contribution in [0.2, 0.25) is 0 Å². The summed E-state index contributed by atoms with van der Waals surface area (Å²) in [5.41, 5.74) is 7.69. The van der Waals surface area contributed by atoms with Gasteiger partial charge in [0, 0.05) is 45.9 Å². The lowest BCUT2D eigenvalue weighted by atomic mass is 9.84. The normalized spacial score (nSPS) is 12.1. The topological polar surface area (TPSA) is 0 Å². The maximum atomic E-state index is 2.46. The van der Waals surface area contributed by atoms with Crippen molar-refractivity contribution in [3.8, 4) is 33.4 Å². The van der Waals surface area contributed by atoms with E-state index in [9.17, 15) is 0 Å². The predicted molar refractivity (Wildman–Crippen MR) is 239 cm³/mol. The smallest absolute Gasteiger partial charge is 0.0449 e. The molecule has 54 heavy (non-hydrogen) atoms. The van der Waals surface area contributed by atoms with Gasteiger partial charge in [-0.25, -0.2) is 0 Å². The summed E-state index contributed by atoms with van der Waals surface area (Å²) < 4.78 is 5.45. The van der Waals surface area contributed by atoms with Gasteiger partial charge < -0.3 is 0 Å². The maximum absolute atomic E-state index is 2.46. The Morgan fingerprint density at radius 1 is 0.278 bits per heavy atom. The van der Waals surface area contributed by atoms with Crippen LogP contribution in [0.15, 0.2) is 182 Å². The Bertz CT molecular complexity index is 3440. The Morgan fingerprint density at radius 2 is 0.796 bits per heavy atom. The van der Waals surface area contributed by atoms with Gasteiger partial charge in [-0.3, -0.25) is 0 Å². The first-order valence-electron chi connectivity index (χ1n) is 18.5. The van der Waals surface area contributed by atoms with Crippen LogP contribution in [0, 0.1) is 0 Å².